The van der Waals surface area contributed by atoms with Crippen LogP contribution in [-0.2, 0) is 14.2 Å². The Morgan fingerprint density at radius 3 is 2.24 bits per heavy atom. The van der Waals surface area contributed by atoms with Crippen molar-refractivity contribution in [3.8, 4) is 0 Å². The van der Waals surface area contributed by atoms with E-state index in [-0.39, 0.29) is 12.2 Å². The largest absolute Gasteiger partial charge is 0.459 e. The topological polar surface area (TPSA) is 114 Å². The van der Waals surface area contributed by atoms with E-state index >= 15 is 0 Å². The van der Waals surface area contributed by atoms with E-state index in [2.05, 4.69) is 11.9 Å². The molecule has 1 saturated heterocycles. The summed E-state index contributed by atoms with van der Waals surface area (Å²) in [6.07, 6.45) is -1.84. The molecule has 2 aliphatic rings. The predicted octanol–water partition coefficient (Wildman–Crippen LogP) is 2.21. The van der Waals surface area contributed by atoms with Crippen molar-refractivity contribution in [2.75, 3.05) is 6.61 Å². The number of benzene rings is 2. The van der Waals surface area contributed by atoms with Crippen molar-refractivity contribution in [2.24, 2.45) is 0 Å². The van der Waals surface area contributed by atoms with Gasteiger partial charge in [0.2, 0.25) is 0 Å². The van der Waals surface area contributed by atoms with Crippen LogP contribution in [0.1, 0.15) is 20.7 Å². The van der Waals surface area contributed by atoms with Gasteiger partial charge in [-0.15, -0.1) is 0 Å². The maximum atomic E-state index is 12.6. The molecular weight excluding hydrogens is 428 g/mol. The number of nitrogens with one attached hydrogen (secondary N) is 1. The predicted molar refractivity (Wildman–Crippen MR) is 116 cm³/mol. The molecule has 2 aliphatic heterocycles. The van der Waals surface area contributed by atoms with E-state index < -0.39 is 42.5 Å². The van der Waals surface area contributed by atoms with E-state index in [1.54, 1.807) is 60.7 Å². The highest BCUT2D eigenvalue weighted by Gasteiger charge is 2.50. The molecule has 2 heterocycles. The second-order valence-electron chi connectivity index (χ2n) is 7.43. The van der Waals surface area contributed by atoms with Crippen molar-refractivity contribution in [3.63, 3.8) is 0 Å². The number of hydrogen-bond donors (Lipinski definition) is 2. The number of urea groups is 1. The fourth-order valence-corrected chi connectivity index (χ4v) is 3.47. The van der Waals surface area contributed by atoms with Crippen molar-refractivity contribution >= 4 is 18.0 Å². The van der Waals surface area contributed by atoms with E-state index in [9.17, 15) is 19.5 Å². The Morgan fingerprint density at radius 2 is 1.64 bits per heavy atom. The molecule has 0 bridgehead atoms. The normalized spacial score (nSPS) is 24.3. The molecule has 9 heteroatoms. The van der Waals surface area contributed by atoms with Crippen LogP contribution < -0.4 is 5.32 Å². The lowest BCUT2D eigenvalue weighted by molar-refractivity contribution is -0.0725. The molecule has 0 radical (unpaired) electrons. The van der Waals surface area contributed by atoms with Gasteiger partial charge in [-0.25, -0.2) is 14.4 Å². The third-order valence-corrected chi connectivity index (χ3v) is 5.17. The second kappa shape index (κ2) is 9.68. The number of rotatable bonds is 6. The average Bonchev–Trinajstić information content (AvgIpc) is 3.13. The van der Waals surface area contributed by atoms with Crippen LogP contribution in [0, 0.1) is 0 Å². The third kappa shape index (κ3) is 4.94. The Balaban J connectivity index is 1.51. The Hall–Kier alpha value is -3.95. The molecule has 2 unspecified atom stereocenters. The minimum atomic E-state index is -1.36. The molecule has 4 rings (SSSR count). The summed E-state index contributed by atoms with van der Waals surface area (Å²) in [6, 6.07) is 16.0. The third-order valence-electron chi connectivity index (χ3n) is 5.17. The molecule has 0 aromatic heterocycles. The number of hydrogen-bond acceptors (Lipinski definition) is 7. The molecule has 33 heavy (non-hydrogen) atoms. The zero-order valence-corrected chi connectivity index (χ0v) is 17.5. The molecule has 0 spiro atoms. The molecular formula is C24H22N2O7. The first-order chi connectivity index (χ1) is 15.9. The summed E-state index contributed by atoms with van der Waals surface area (Å²) in [4.78, 5) is 38.5. The average molecular weight is 450 g/mol. The van der Waals surface area contributed by atoms with Gasteiger partial charge in [0.25, 0.3) is 0 Å². The van der Waals surface area contributed by atoms with Crippen molar-refractivity contribution in [1.82, 2.24) is 10.2 Å². The van der Waals surface area contributed by atoms with Crippen LogP contribution in [0.15, 0.2) is 85.2 Å². The van der Waals surface area contributed by atoms with E-state index in [1.165, 1.54) is 12.3 Å². The molecule has 0 saturated carbocycles. The zero-order valence-electron chi connectivity index (χ0n) is 17.5. The monoisotopic (exact) mass is 450 g/mol. The van der Waals surface area contributed by atoms with Crippen molar-refractivity contribution in [3.05, 3.63) is 96.3 Å². The highest BCUT2D eigenvalue weighted by atomic mass is 16.6. The van der Waals surface area contributed by atoms with Gasteiger partial charge in [-0.3, -0.25) is 4.90 Å². The van der Waals surface area contributed by atoms with Gasteiger partial charge in [-0.2, -0.15) is 0 Å². The fraction of sp³-hybridized carbons (Fsp3) is 0.208. The summed E-state index contributed by atoms with van der Waals surface area (Å²) in [5.74, 6) is -1.29. The minimum Gasteiger partial charge on any atom is -0.459 e. The van der Waals surface area contributed by atoms with Crippen LogP contribution in [0.2, 0.25) is 0 Å². The SMILES string of the molecule is C=C1C=CN([C@@H]2O[C@H](COC(=O)c3ccccc3)C(O)C2OC(=O)c2ccccc2)C(=O)N1. The smallest absolute Gasteiger partial charge is 0.338 e. The first-order valence-corrected chi connectivity index (χ1v) is 10.2. The maximum Gasteiger partial charge on any atom is 0.338 e. The van der Waals surface area contributed by atoms with Gasteiger partial charge in [-0.05, 0) is 30.3 Å². The van der Waals surface area contributed by atoms with Gasteiger partial charge >= 0.3 is 18.0 Å². The molecule has 2 N–H and O–H groups in total. The molecule has 9 nitrogen and oxygen atoms in total. The van der Waals surface area contributed by atoms with Gasteiger partial charge in [0.1, 0.15) is 18.8 Å². The van der Waals surface area contributed by atoms with Gasteiger partial charge in [0, 0.05) is 11.9 Å². The van der Waals surface area contributed by atoms with Gasteiger partial charge in [-0.1, -0.05) is 43.0 Å². The van der Waals surface area contributed by atoms with Crippen LogP contribution in [0.4, 0.5) is 4.79 Å². The van der Waals surface area contributed by atoms with Crippen LogP contribution in [-0.4, -0.2) is 59.1 Å². The highest BCUT2D eigenvalue weighted by Crippen LogP contribution is 2.29. The molecule has 2 amide bonds. The molecule has 1 fully saturated rings. The maximum absolute atomic E-state index is 12.6. The van der Waals surface area contributed by atoms with Crippen molar-refractivity contribution < 1.29 is 33.7 Å². The van der Waals surface area contributed by atoms with Crippen molar-refractivity contribution in [1.29, 1.82) is 0 Å². The number of carbonyl (C=O) groups excluding carboxylic acids is 3. The van der Waals surface area contributed by atoms with Crippen LogP contribution in [0.5, 0.6) is 0 Å². The molecule has 170 valence electrons. The number of nitrogens with zero attached hydrogens (tertiary/aromatic N) is 1. The second-order valence-corrected chi connectivity index (χ2v) is 7.43. The summed E-state index contributed by atoms with van der Waals surface area (Å²) in [5, 5.41) is 13.4. The first kappa shape index (κ1) is 22.3. The number of aliphatic hydroxyl groups excluding tert-OH is 1. The number of allylic oxidation sites excluding steroid dienone is 1. The van der Waals surface area contributed by atoms with Crippen molar-refractivity contribution in [2.45, 2.75) is 24.5 Å². The van der Waals surface area contributed by atoms with Gasteiger partial charge in [0.15, 0.2) is 12.3 Å². The molecule has 4 atom stereocenters. The van der Waals surface area contributed by atoms with Crippen LogP contribution >= 0.6 is 0 Å². The molecule has 2 aromatic carbocycles. The zero-order chi connectivity index (χ0) is 23.4. The summed E-state index contributed by atoms with van der Waals surface area (Å²) in [7, 11) is 0. The van der Waals surface area contributed by atoms with Crippen LogP contribution in [0.3, 0.4) is 0 Å². The Labute approximate surface area is 189 Å². The quantitative estimate of drug-likeness (QED) is 0.649. The number of aliphatic hydroxyl groups is 1. The van der Waals surface area contributed by atoms with E-state index in [0.717, 1.165) is 4.90 Å². The highest BCUT2D eigenvalue weighted by molar-refractivity contribution is 5.90. The lowest BCUT2D eigenvalue weighted by Gasteiger charge is -2.31. The number of carbonyl (C=O) groups is 3. The summed E-state index contributed by atoms with van der Waals surface area (Å²) >= 11 is 0. The van der Waals surface area contributed by atoms with E-state index in [4.69, 9.17) is 14.2 Å². The lowest BCUT2D eigenvalue weighted by Crippen LogP contribution is -2.51. The summed E-state index contributed by atoms with van der Waals surface area (Å²) in [6.45, 7) is 3.35. The number of ether oxygens (including phenoxy) is 3. The van der Waals surface area contributed by atoms with Gasteiger partial charge in [0.05, 0.1) is 11.1 Å². The molecule has 0 aliphatic carbocycles. The minimum absolute atomic E-state index is 0.273. The Morgan fingerprint density at radius 1 is 1.03 bits per heavy atom. The standard InChI is InChI=1S/C24H22N2O7/c1-15-12-13-26(24(30)25-15)21-20(33-23(29)17-10-6-3-7-11-17)19(27)18(32-21)14-31-22(28)16-8-4-2-5-9-16/h2-13,18-21,27H,1,14H2,(H,25,30)/t18-,19?,20?,21-/m1/s1. The lowest BCUT2D eigenvalue weighted by atomic mass is 10.1. The number of esters is 2. The van der Waals surface area contributed by atoms with Gasteiger partial charge < -0.3 is 24.6 Å². The Kier molecular flexibility index (Phi) is 6.53. The summed E-state index contributed by atoms with van der Waals surface area (Å²) < 4.78 is 16.7. The number of amides is 2. The molecule has 2 aromatic rings. The van der Waals surface area contributed by atoms with E-state index in [0.29, 0.717) is 11.3 Å². The van der Waals surface area contributed by atoms with E-state index in [1.807, 2.05) is 0 Å². The summed E-state index contributed by atoms with van der Waals surface area (Å²) in [5.41, 5.74) is 0.987. The van der Waals surface area contributed by atoms with Crippen LogP contribution in [0.25, 0.3) is 0 Å². The first-order valence-electron chi connectivity index (χ1n) is 10.2. The fourth-order valence-electron chi connectivity index (χ4n) is 3.47. The Bertz CT molecular complexity index is 1070.